The van der Waals surface area contributed by atoms with Crippen LogP contribution < -0.4 is 5.32 Å². The maximum absolute atomic E-state index is 11.7. The molecule has 116 valence electrons. The van der Waals surface area contributed by atoms with Crippen LogP contribution in [0.15, 0.2) is 0 Å². The lowest BCUT2D eigenvalue weighted by atomic mass is 10.0. The molecule has 1 amide bonds. The van der Waals surface area contributed by atoms with Crippen molar-refractivity contribution in [2.24, 2.45) is 0 Å². The molecule has 0 radical (unpaired) electrons. The average molecular weight is 301 g/mol. The predicted molar refractivity (Wildman–Crippen MR) is 82.2 cm³/mol. The molecule has 20 heavy (non-hydrogen) atoms. The van der Waals surface area contributed by atoms with E-state index in [4.69, 9.17) is 0 Å². The summed E-state index contributed by atoms with van der Waals surface area (Å²) in [5, 5.41) is 3.72. The molecule has 6 heteroatoms. The molecule has 0 aromatic carbocycles. The highest BCUT2D eigenvalue weighted by atomic mass is 32.2. The lowest BCUT2D eigenvalue weighted by Crippen LogP contribution is -2.49. The van der Waals surface area contributed by atoms with Gasteiger partial charge in [-0.2, -0.15) is 0 Å². The first-order valence-corrected chi connectivity index (χ1v) is 9.07. The van der Waals surface area contributed by atoms with Crippen LogP contribution in [0.1, 0.15) is 25.7 Å². The summed E-state index contributed by atoms with van der Waals surface area (Å²) in [7, 11) is 3.04. The fourth-order valence-electron chi connectivity index (χ4n) is 2.88. The first-order chi connectivity index (χ1) is 9.54. The highest BCUT2D eigenvalue weighted by molar-refractivity contribution is 7.85. The minimum Gasteiger partial charge on any atom is -0.348 e. The number of hydrogen-bond donors (Lipinski definition) is 1. The van der Waals surface area contributed by atoms with E-state index in [0.717, 1.165) is 50.3 Å². The second kappa shape index (κ2) is 7.52. The Balaban J connectivity index is 1.66. The lowest BCUT2D eigenvalue weighted by Gasteiger charge is -2.35. The van der Waals surface area contributed by atoms with E-state index in [1.807, 2.05) is 14.1 Å². The first kappa shape index (κ1) is 15.9. The molecule has 0 saturated carbocycles. The van der Waals surface area contributed by atoms with Crippen molar-refractivity contribution in [3.63, 3.8) is 0 Å². The number of hydrogen-bond acceptors (Lipinski definition) is 4. The summed E-state index contributed by atoms with van der Waals surface area (Å²) in [5.74, 6) is 1.90. The highest BCUT2D eigenvalue weighted by Gasteiger charge is 2.25. The van der Waals surface area contributed by atoms with E-state index in [1.165, 1.54) is 0 Å². The summed E-state index contributed by atoms with van der Waals surface area (Å²) in [6.45, 7) is 2.54. The van der Waals surface area contributed by atoms with Gasteiger partial charge in [0, 0.05) is 61.6 Å². The van der Waals surface area contributed by atoms with Gasteiger partial charge in [0.25, 0.3) is 0 Å². The molecule has 2 fully saturated rings. The minimum absolute atomic E-state index is 0.186. The molecule has 2 aliphatic heterocycles. The summed E-state index contributed by atoms with van der Waals surface area (Å²) in [5.41, 5.74) is 0. The van der Waals surface area contributed by atoms with Crippen LogP contribution in [-0.4, -0.2) is 77.2 Å². The smallest absolute Gasteiger partial charge is 0.236 e. The highest BCUT2D eigenvalue weighted by Crippen LogP contribution is 2.15. The van der Waals surface area contributed by atoms with Gasteiger partial charge in [-0.1, -0.05) is 0 Å². The number of carbonyl (C=O) groups is 1. The lowest BCUT2D eigenvalue weighted by molar-refractivity contribution is -0.130. The number of carbonyl (C=O) groups excluding carboxylic acids is 1. The van der Waals surface area contributed by atoms with Crippen molar-refractivity contribution in [2.75, 3.05) is 45.2 Å². The summed E-state index contributed by atoms with van der Waals surface area (Å²) >= 11 is 0. The van der Waals surface area contributed by atoms with Crippen molar-refractivity contribution in [3.05, 3.63) is 0 Å². The zero-order valence-electron chi connectivity index (χ0n) is 12.6. The number of nitrogens with zero attached hydrogens (tertiary/aromatic N) is 2. The van der Waals surface area contributed by atoms with Crippen LogP contribution in [0, 0.1) is 0 Å². The molecule has 0 aliphatic carbocycles. The van der Waals surface area contributed by atoms with Crippen molar-refractivity contribution >= 4 is 16.7 Å². The standard InChI is InChI=1S/C14H27N3O2S/c1-16(2)14(18)11-17-7-3-12(4-8-17)15-13-5-9-20(19)10-6-13/h12-13,15H,3-11H2,1-2H3. The van der Waals surface area contributed by atoms with E-state index in [9.17, 15) is 9.00 Å². The molecular weight excluding hydrogens is 274 g/mol. The fourth-order valence-corrected chi connectivity index (χ4v) is 4.18. The normalized spacial score (nSPS) is 29.3. The Morgan fingerprint density at radius 2 is 1.70 bits per heavy atom. The summed E-state index contributed by atoms with van der Waals surface area (Å²) in [4.78, 5) is 15.6. The Hall–Kier alpha value is -0.460. The van der Waals surface area contributed by atoms with Crippen LogP contribution in [0.2, 0.25) is 0 Å². The van der Waals surface area contributed by atoms with Crippen molar-refractivity contribution in [2.45, 2.75) is 37.8 Å². The minimum atomic E-state index is -0.575. The summed E-state index contributed by atoms with van der Waals surface area (Å²) in [6.07, 6.45) is 4.32. The Morgan fingerprint density at radius 3 is 2.25 bits per heavy atom. The number of likely N-dealkylation sites (tertiary alicyclic amines) is 1. The average Bonchev–Trinajstić information content (AvgIpc) is 2.43. The molecule has 5 nitrogen and oxygen atoms in total. The van der Waals surface area contributed by atoms with Crippen LogP contribution in [-0.2, 0) is 15.6 Å². The van der Waals surface area contributed by atoms with Crippen LogP contribution >= 0.6 is 0 Å². The third-order valence-corrected chi connectivity index (χ3v) is 5.69. The van der Waals surface area contributed by atoms with Gasteiger partial charge in [0.1, 0.15) is 0 Å². The molecule has 0 aromatic heterocycles. The van der Waals surface area contributed by atoms with Gasteiger partial charge in [-0.05, 0) is 25.7 Å². The molecule has 0 atom stereocenters. The van der Waals surface area contributed by atoms with Crippen molar-refractivity contribution in [1.82, 2.24) is 15.1 Å². The van der Waals surface area contributed by atoms with Crippen molar-refractivity contribution in [3.8, 4) is 0 Å². The monoisotopic (exact) mass is 301 g/mol. The molecule has 2 saturated heterocycles. The zero-order valence-corrected chi connectivity index (χ0v) is 13.5. The Bertz CT molecular complexity index is 344. The molecule has 0 aromatic rings. The van der Waals surface area contributed by atoms with Gasteiger partial charge in [-0.15, -0.1) is 0 Å². The van der Waals surface area contributed by atoms with E-state index >= 15 is 0 Å². The van der Waals surface area contributed by atoms with Gasteiger partial charge in [0.05, 0.1) is 6.54 Å². The molecule has 2 aliphatic rings. The molecular formula is C14H27N3O2S. The molecule has 2 heterocycles. The van der Waals surface area contributed by atoms with E-state index < -0.39 is 10.8 Å². The van der Waals surface area contributed by atoms with Crippen LogP contribution in [0.3, 0.4) is 0 Å². The number of nitrogens with one attached hydrogen (secondary N) is 1. The van der Waals surface area contributed by atoms with E-state index in [-0.39, 0.29) is 5.91 Å². The van der Waals surface area contributed by atoms with Crippen LogP contribution in [0.25, 0.3) is 0 Å². The van der Waals surface area contributed by atoms with Crippen LogP contribution in [0.4, 0.5) is 0 Å². The van der Waals surface area contributed by atoms with E-state index in [1.54, 1.807) is 4.90 Å². The van der Waals surface area contributed by atoms with Crippen molar-refractivity contribution in [1.29, 1.82) is 0 Å². The number of likely N-dealkylation sites (N-methyl/N-ethyl adjacent to an activating group) is 1. The summed E-state index contributed by atoms with van der Waals surface area (Å²) in [6, 6.07) is 1.12. The van der Waals surface area contributed by atoms with Gasteiger partial charge in [0.2, 0.25) is 5.91 Å². The predicted octanol–water partition coefficient (Wildman–Crippen LogP) is 0.0397. The van der Waals surface area contributed by atoms with Gasteiger partial charge in [-0.3, -0.25) is 13.9 Å². The topological polar surface area (TPSA) is 52.7 Å². The molecule has 1 N–H and O–H groups in total. The third-order valence-electron chi connectivity index (χ3n) is 4.30. The quantitative estimate of drug-likeness (QED) is 0.797. The van der Waals surface area contributed by atoms with Gasteiger partial charge in [-0.25, -0.2) is 0 Å². The number of amides is 1. The van der Waals surface area contributed by atoms with Gasteiger partial charge < -0.3 is 10.2 Å². The first-order valence-electron chi connectivity index (χ1n) is 7.58. The van der Waals surface area contributed by atoms with E-state index in [0.29, 0.717) is 18.6 Å². The SMILES string of the molecule is CN(C)C(=O)CN1CCC(NC2CCS(=O)CC2)CC1. The second-order valence-electron chi connectivity index (χ2n) is 6.13. The number of rotatable bonds is 4. The van der Waals surface area contributed by atoms with Crippen LogP contribution in [0.5, 0.6) is 0 Å². The Morgan fingerprint density at radius 1 is 1.15 bits per heavy atom. The molecule has 0 spiro atoms. The third kappa shape index (κ3) is 4.82. The summed E-state index contributed by atoms with van der Waals surface area (Å²) < 4.78 is 11.3. The largest absolute Gasteiger partial charge is 0.348 e. The second-order valence-corrected chi connectivity index (χ2v) is 7.82. The fraction of sp³-hybridized carbons (Fsp3) is 0.929. The van der Waals surface area contributed by atoms with E-state index in [2.05, 4.69) is 10.2 Å². The van der Waals surface area contributed by atoms with Gasteiger partial charge >= 0.3 is 0 Å². The Kier molecular flexibility index (Phi) is 5.99. The molecule has 0 unspecified atom stereocenters. The maximum Gasteiger partial charge on any atom is 0.236 e. The Labute approximate surface area is 124 Å². The maximum atomic E-state index is 11.7. The molecule has 2 rings (SSSR count). The number of piperidine rings is 1. The molecule has 0 bridgehead atoms. The van der Waals surface area contributed by atoms with Crippen molar-refractivity contribution < 1.29 is 9.00 Å². The van der Waals surface area contributed by atoms with Gasteiger partial charge in [0.15, 0.2) is 0 Å². The zero-order chi connectivity index (χ0) is 14.5.